The van der Waals surface area contributed by atoms with Crippen LogP contribution in [-0.2, 0) is 0 Å². The molecule has 4 aromatic heterocycles. The van der Waals surface area contributed by atoms with Crippen LogP contribution in [0, 0.1) is 0 Å². The molecule has 2 nitrogen and oxygen atoms in total. The molecule has 4 heterocycles. The Labute approximate surface area is 446 Å². The van der Waals surface area contributed by atoms with Crippen molar-refractivity contribution in [1.82, 2.24) is 0 Å². The van der Waals surface area contributed by atoms with Crippen molar-refractivity contribution in [2.75, 3.05) is 9.80 Å². The van der Waals surface area contributed by atoms with Gasteiger partial charge in [0.25, 0.3) is 0 Å². The standard InChI is InChI=1S/C68H44N2S4/c1-5-13-61-51(9-1)41-65(71-61)47-21-33-57(34-22-47)69(58-35-23-48(24-36-58)66-42-52-10-2-6-14-62(52)72-66)55-29-17-45(18-30-55)46-19-31-56(32-20-46)70(59-37-25-49(26-38-59)67-43-53-11-3-7-15-63(53)73-67)60-39-27-50(28-40-60)68-44-54-12-4-8-16-64(54)74-68/h1-44H. The number of fused-ring (bicyclic) bond motifs is 4. The van der Waals surface area contributed by atoms with E-state index < -0.39 is 0 Å². The summed E-state index contributed by atoms with van der Waals surface area (Å²) in [6.45, 7) is 0. The van der Waals surface area contributed by atoms with E-state index in [2.05, 4.69) is 277 Å². The Morgan fingerprint density at radius 3 is 0.581 bits per heavy atom. The van der Waals surface area contributed by atoms with E-state index in [1.807, 2.05) is 45.3 Å². The summed E-state index contributed by atoms with van der Waals surface area (Å²) in [6.07, 6.45) is 0. The summed E-state index contributed by atoms with van der Waals surface area (Å²) in [5.41, 5.74) is 13.8. The molecule has 0 atom stereocenters. The first kappa shape index (κ1) is 44.3. The molecule has 0 unspecified atom stereocenters. The summed E-state index contributed by atoms with van der Waals surface area (Å²) in [6, 6.07) is 97.9. The Balaban J connectivity index is 0.782. The predicted molar refractivity (Wildman–Crippen MR) is 325 cm³/mol. The Hall–Kier alpha value is -8.36. The summed E-state index contributed by atoms with van der Waals surface area (Å²) in [4.78, 5) is 9.84. The number of hydrogen-bond acceptors (Lipinski definition) is 6. The van der Waals surface area contributed by atoms with Crippen LogP contribution in [-0.4, -0.2) is 0 Å². The number of hydrogen-bond donors (Lipinski definition) is 0. The van der Waals surface area contributed by atoms with E-state index >= 15 is 0 Å². The summed E-state index contributed by atoms with van der Waals surface area (Å²) in [5.74, 6) is 0. The molecule has 0 bridgehead atoms. The van der Waals surface area contributed by atoms with Gasteiger partial charge in [0.05, 0.1) is 0 Å². The Bertz CT molecular complexity index is 3630. The molecule has 0 spiro atoms. The number of thiophene rings is 4. The second-order valence-corrected chi connectivity index (χ2v) is 22.9. The van der Waals surface area contributed by atoms with Crippen LogP contribution < -0.4 is 9.80 Å². The largest absolute Gasteiger partial charge is 0.311 e. The topological polar surface area (TPSA) is 6.48 Å². The highest BCUT2D eigenvalue weighted by atomic mass is 32.1. The van der Waals surface area contributed by atoms with Crippen LogP contribution in [0.15, 0.2) is 267 Å². The minimum atomic E-state index is 1.10. The second-order valence-electron chi connectivity index (χ2n) is 18.5. The third-order valence-electron chi connectivity index (χ3n) is 13.9. The van der Waals surface area contributed by atoms with Gasteiger partial charge in [0.15, 0.2) is 0 Å². The van der Waals surface area contributed by atoms with Crippen LogP contribution in [0.2, 0.25) is 0 Å². The Morgan fingerprint density at radius 1 is 0.189 bits per heavy atom. The SMILES string of the molecule is c1ccc2sc(-c3ccc(N(c4ccc(-c5ccc(N(c6ccc(-c7cc8ccccc8s7)cc6)c6ccc(-c7cc8ccccc8s7)cc6)cc5)cc4)c4ccc(-c5cc6ccccc6s5)cc4)cc3)cc2c1. The molecular formula is C68H44N2S4. The molecule has 74 heavy (non-hydrogen) atoms. The molecule has 6 heteroatoms. The average Bonchev–Trinajstić information content (AvgIpc) is 4.30. The van der Waals surface area contributed by atoms with Gasteiger partial charge < -0.3 is 9.80 Å². The molecule has 0 saturated carbocycles. The van der Waals surface area contributed by atoms with Crippen molar-refractivity contribution in [2.24, 2.45) is 0 Å². The molecule has 0 aliphatic heterocycles. The van der Waals surface area contributed by atoms with Gasteiger partial charge in [0, 0.05) is 72.4 Å². The van der Waals surface area contributed by atoms with E-state index in [4.69, 9.17) is 0 Å². The van der Waals surface area contributed by atoms with Gasteiger partial charge in [0.2, 0.25) is 0 Å². The van der Waals surface area contributed by atoms with E-state index in [0.29, 0.717) is 0 Å². The maximum Gasteiger partial charge on any atom is 0.0462 e. The molecule has 0 radical (unpaired) electrons. The van der Waals surface area contributed by atoms with Crippen LogP contribution in [0.4, 0.5) is 34.1 Å². The number of rotatable bonds is 11. The highest BCUT2D eigenvalue weighted by Crippen LogP contribution is 2.44. The quantitative estimate of drug-likeness (QED) is 0.127. The molecule has 14 aromatic rings. The van der Waals surface area contributed by atoms with Gasteiger partial charge in [-0.1, -0.05) is 146 Å². The van der Waals surface area contributed by atoms with Crippen LogP contribution in [0.25, 0.3) is 93.2 Å². The lowest BCUT2D eigenvalue weighted by Gasteiger charge is -2.26. The lowest BCUT2D eigenvalue weighted by Crippen LogP contribution is -2.10. The molecular weight excluding hydrogens is 973 g/mol. The summed E-state index contributed by atoms with van der Waals surface area (Å²) in [5, 5.41) is 5.14. The molecule has 0 N–H and O–H groups in total. The number of nitrogens with zero attached hydrogens (tertiary/aromatic N) is 2. The highest BCUT2D eigenvalue weighted by molar-refractivity contribution is 7.23. The minimum absolute atomic E-state index is 1.10. The first-order valence-corrected chi connectivity index (χ1v) is 28.0. The normalized spacial score (nSPS) is 11.5. The van der Waals surface area contributed by atoms with Gasteiger partial charge in [-0.05, 0) is 176 Å². The Morgan fingerprint density at radius 2 is 0.378 bits per heavy atom. The van der Waals surface area contributed by atoms with Gasteiger partial charge in [0.1, 0.15) is 0 Å². The van der Waals surface area contributed by atoms with Crippen molar-refractivity contribution in [3.05, 3.63) is 267 Å². The van der Waals surface area contributed by atoms with Crippen molar-refractivity contribution in [2.45, 2.75) is 0 Å². The fraction of sp³-hybridized carbons (Fsp3) is 0. The fourth-order valence-electron chi connectivity index (χ4n) is 10.1. The predicted octanol–water partition coefficient (Wildman–Crippen LogP) is 21.8. The van der Waals surface area contributed by atoms with Gasteiger partial charge in [-0.3, -0.25) is 0 Å². The van der Waals surface area contributed by atoms with Gasteiger partial charge in [-0.25, -0.2) is 0 Å². The zero-order chi connectivity index (χ0) is 49.0. The van der Waals surface area contributed by atoms with E-state index in [1.165, 1.54) is 82.1 Å². The van der Waals surface area contributed by atoms with Crippen molar-refractivity contribution >= 4 is 120 Å². The molecule has 0 amide bonds. The van der Waals surface area contributed by atoms with Crippen LogP contribution in [0.3, 0.4) is 0 Å². The van der Waals surface area contributed by atoms with Crippen molar-refractivity contribution < 1.29 is 0 Å². The van der Waals surface area contributed by atoms with Gasteiger partial charge >= 0.3 is 0 Å². The van der Waals surface area contributed by atoms with Crippen LogP contribution >= 0.6 is 45.3 Å². The number of anilines is 6. The molecule has 0 saturated heterocycles. The second kappa shape index (κ2) is 18.9. The van der Waals surface area contributed by atoms with E-state index in [0.717, 1.165) is 45.3 Å². The number of benzene rings is 10. The first-order valence-electron chi connectivity index (χ1n) is 24.8. The zero-order valence-electron chi connectivity index (χ0n) is 39.9. The summed E-state index contributed by atoms with van der Waals surface area (Å²) in [7, 11) is 0. The van der Waals surface area contributed by atoms with Crippen LogP contribution in [0.5, 0.6) is 0 Å². The molecule has 14 rings (SSSR count). The average molecular weight is 1020 g/mol. The minimum Gasteiger partial charge on any atom is -0.311 e. The lowest BCUT2D eigenvalue weighted by atomic mass is 10.0. The van der Waals surface area contributed by atoms with Gasteiger partial charge in [-0.15, -0.1) is 45.3 Å². The lowest BCUT2D eigenvalue weighted by molar-refractivity contribution is 1.28. The third-order valence-corrected chi connectivity index (χ3v) is 18.6. The third kappa shape index (κ3) is 8.48. The fourth-order valence-corrected chi connectivity index (χ4v) is 14.4. The molecule has 0 aliphatic rings. The van der Waals surface area contributed by atoms with Crippen LogP contribution in [0.1, 0.15) is 0 Å². The zero-order valence-corrected chi connectivity index (χ0v) is 43.2. The summed E-state index contributed by atoms with van der Waals surface area (Å²) < 4.78 is 5.23. The van der Waals surface area contributed by atoms with Crippen molar-refractivity contribution in [3.63, 3.8) is 0 Å². The van der Waals surface area contributed by atoms with E-state index in [9.17, 15) is 0 Å². The smallest absolute Gasteiger partial charge is 0.0462 e. The van der Waals surface area contributed by atoms with Crippen molar-refractivity contribution in [1.29, 1.82) is 0 Å². The van der Waals surface area contributed by atoms with Crippen molar-refractivity contribution in [3.8, 4) is 52.9 Å². The Kier molecular flexibility index (Phi) is 11.3. The summed E-state index contributed by atoms with van der Waals surface area (Å²) >= 11 is 7.37. The van der Waals surface area contributed by atoms with Gasteiger partial charge in [-0.2, -0.15) is 0 Å². The highest BCUT2D eigenvalue weighted by Gasteiger charge is 2.18. The molecule has 0 aliphatic carbocycles. The van der Waals surface area contributed by atoms with E-state index in [1.54, 1.807) is 0 Å². The maximum absolute atomic E-state index is 2.37. The maximum atomic E-state index is 2.37. The van der Waals surface area contributed by atoms with E-state index in [-0.39, 0.29) is 0 Å². The molecule has 350 valence electrons. The molecule has 0 fully saturated rings. The molecule has 10 aromatic carbocycles. The monoisotopic (exact) mass is 1020 g/mol. The first-order chi connectivity index (χ1) is 36.6.